The largest absolute Gasteiger partial charge is 0.439 e. The summed E-state index contributed by atoms with van der Waals surface area (Å²) in [6, 6.07) is 3.22. The van der Waals surface area contributed by atoms with E-state index in [1.807, 2.05) is 0 Å². The molecule has 2 heterocycles. The van der Waals surface area contributed by atoms with E-state index in [4.69, 9.17) is 60.6 Å². The van der Waals surface area contributed by atoms with Crippen LogP contribution in [0.4, 0.5) is 0 Å². The van der Waals surface area contributed by atoms with E-state index in [0.717, 1.165) is 26.2 Å². The molecule has 0 atom stereocenters. The maximum atomic E-state index is 6.34. The lowest BCUT2D eigenvalue weighted by molar-refractivity contribution is 0.0521. The topological polar surface area (TPSA) is 34.2 Å². The Kier molecular flexibility index (Phi) is 6.69. The number of halogens is 3. The van der Waals surface area contributed by atoms with Gasteiger partial charge in [0.2, 0.25) is 0 Å². The zero-order valence-corrected chi connectivity index (χ0v) is 16.9. The average molecular weight is 432 g/mol. The lowest BCUT2D eigenvalue weighted by Gasteiger charge is -2.44. The number of ether oxygens (including phenoxy) is 2. The van der Waals surface area contributed by atoms with Crippen LogP contribution in [-0.4, -0.2) is 61.9 Å². The van der Waals surface area contributed by atoms with Crippen molar-refractivity contribution >= 4 is 53.2 Å². The monoisotopic (exact) mass is 430 g/mol. The van der Waals surface area contributed by atoms with Crippen LogP contribution >= 0.6 is 41.4 Å². The molecule has 2 aliphatic heterocycles. The third kappa shape index (κ3) is 4.20. The van der Waals surface area contributed by atoms with Gasteiger partial charge in [0.05, 0.1) is 41.5 Å². The summed E-state index contributed by atoms with van der Waals surface area (Å²) in [4.78, 5) is 0. The van der Waals surface area contributed by atoms with Crippen LogP contribution in [0.25, 0.3) is 0 Å². The smallest absolute Gasteiger partial charge is 0.253 e. The predicted octanol–water partition coefficient (Wildman–Crippen LogP) is 3.91. The molecule has 1 aromatic carbocycles. The summed E-state index contributed by atoms with van der Waals surface area (Å²) in [5.74, 6) is 0.465. The summed E-state index contributed by atoms with van der Waals surface area (Å²) in [5, 5.41) is 1.18. The molecule has 5 nitrogen and oxygen atoms in total. The Morgan fingerprint density at radius 3 is 1.79 bits per heavy atom. The Balaban J connectivity index is 1.92. The van der Waals surface area contributed by atoms with Crippen molar-refractivity contribution in [3.8, 4) is 5.75 Å². The number of hydrogen-bond donors (Lipinski definition) is 0. The molecule has 0 spiro atoms. The minimum absolute atomic E-state index is 0.389. The zero-order chi connectivity index (χ0) is 17.2. The van der Waals surface area contributed by atoms with Crippen molar-refractivity contribution < 1.29 is 14.0 Å². The van der Waals surface area contributed by atoms with Crippen molar-refractivity contribution in [2.45, 2.75) is 0 Å². The van der Waals surface area contributed by atoms with Gasteiger partial charge in [-0.1, -0.05) is 34.8 Å². The first kappa shape index (κ1) is 19.2. The zero-order valence-electron chi connectivity index (χ0n) is 12.9. The Morgan fingerprint density at radius 1 is 0.833 bits per heavy atom. The molecule has 0 bridgehead atoms. The van der Waals surface area contributed by atoms with Gasteiger partial charge in [-0.3, -0.25) is 0 Å². The molecule has 2 saturated heterocycles. The Bertz CT molecular complexity index is 618. The van der Waals surface area contributed by atoms with Gasteiger partial charge in [0.25, 0.3) is 6.57 Å². The van der Waals surface area contributed by atoms with E-state index in [1.165, 1.54) is 0 Å². The quantitative estimate of drug-likeness (QED) is 0.531. The molecule has 0 saturated carbocycles. The van der Waals surface area contributed by atoms with Crippen molar-refractivity contribution in [1.29, 1.82) is 0 Å². The first-order valence-corrected chi connectivity index (χ1v) is 11.4. The second-order valence-electron chi connectivity index (χ2n) is 5.41. The maximum Gasteiger partial charge on any atom is 0.253 e. The van der Waals surface area contributed by atoms with E-state index in [-0.39, 0.29) is 0 Å². The highest BCUT2D eigenvalue weighted by Crippen LogP contribution is 2.56. The number of hydrogen-bond acceptors (Lipinski definition) is 4. The van der Waals surface area contributed by atoms with Crippen LogP contribution in [0.3, 0.4) is 0 Å². The third-order valence-corrected chi connectivity index (χ3v) is 9.17. The molecule has 1 aromatic rings. The lowest BCUT2D eigenvalue weighted by atomic mass is 10.3. The summed E-state index contributed by atoms with van der Waals surface area (Å²) in [6.45, 7) is 2.98. The highest BCUT2D eigenvalue weighted by atomic mass is 35.5. The molecule has 24 heavy (non-hydrogen) atoms. The van der Waals surface area contributed by atoms with E-state index in [9.17, 15) is 0 Å². The fraction of sp³-hybridized carbons (Fsp3) is 0.571. The Labute approximate surface area is 161 Å². The number of morpholine rings is 2. The van der Waals surface area contributed by atoms with Gasteiger partial charge in [-0.2, -0.15) is 0 Å². The summed E-state index contributed by atoms with van der Waals surface area (Å²) in [6.07, 6.45) is 0. The maximum absolute atomic E-state index is 6.34. The van der Waals surface area contributed by atoms with Gasteiger partial charge < -0.3 is 14.0 Å². The minimum Gasteiger partial charge on any atom is -0.439 e. The highest BCUT2D eigenvalue weighted by molar-refractivity contribution is 8.10. The molecule has 0 unspecified atom stereocenters. The van der Waals surface area contributed by atoms with E-state index < -0.39 is 6.57 Å². The molecular formula is C14H18Cl3N2O3PS. The molecule has 134 valence electrons. The van der Waals surface area contributed by atoms with Crippen molar-refractivity contribution in [1.82, 2.24) is 9.34 Å². The molecule has 0 aliphatic carbocycles. The van der Waals surface area contributed by atoms with Crippen molar-refractivity contribution in [3.05, 3.63) is 27.2 Å². The SMILES string of the molecule is S=P(Oc1cc(Cl)c(Cl)cc1Cl)(N1CCOCC1)N1CCOCC1. The molecular weight excluding hydrogens is 414 g/mol. The first-order chi connectivity index (χ1) is 11.5. The van der Waals surface area contributed by atoms with Crippen LogP contribution in [0.1, 0.15) is 0 Å². The van der Waals surface area contributed by atoms with Gasteiger partial charge >= 0.3 is 0 Å². The summed E-state index contributed by atoms with van der Waals surface area (Å²) >= 11 is 24.5. The summed E-state index contributed by atoms with van der Waals surface area (Å²) < 4.78 is 21.6. The molecule has 0 radical (unpaired) electrons. The van der Waals surface area contributed by atoms with Gasteiger partial charge in [-0.15, -0.1) is 0 Å². The van der Waals surface area contributed by atoms with Crippen LogP contribution in [0.5, 0.6) is 5.75 Å². The standard InChI is InChI=1S/C14H18Cl3N2O3PS/c15-11-9-13(17)14(10-12(11)16)22-23(24,18-1-5-20-6-2-18)19-3-7-21-8-4-19/h9-10H,1-8H2. The third-order valence-electron chi connectivity index (χ3n) is 3.88. The van der Waals surface area contributed by atoms with Gasteiger partial charge in [0.15, 0.2) is 0 Å². The van der Waals surface area contributed by atoms with Gasteiger partial charge in [-0.05, 0) is 17.9 Å². The van der Waals surface area contributed by atoms with Gasteiger partial charge in [0, 0.05) is 32.2 Å². The molecule has 0 N–H and O–H groups in total. The Hall–Kier alpha value is 0.380. The average Bonchev–Trinajstić information content (AvgIpc) is 2.61. The normalized spacial score (nSPS) is 21.0. The first-order valence-electron chi connectivity index (χ1n) is 7.61. The van der Waals surface area contributed by atoms with Crippen molar-refractivity contribution in [2.24, 2.45) is 0 Å². The molecule has 0 amide bonds. The fourth-order valence-corrected chi connectivity index (χ4v) is 6.79. The summed E-state index contributed by atoms with van der Waals surface area (Å²) in [7, 11) is 0. The second-order valence-corrected chi connectivity index (χ2v) is 10.4. The molecule has 10 heteroatoms. The highest BCUT2D eigenvalue weighted by Gasteiger charge is 2.37. The van der Waals surface area contributed by atoms with E-state index in [1.54, 1.807) is 12.1 Å². The predicted molar refractivity (Wildman–Crippen MR) is 101 cm³/mol. The van der Waals surface area contributed by atoms with E-state index >= 15 is 0 Å². The van der Waals surface area contributed by atoms with Crippen molar-refractivity contribution in [2.75, 3.05) is 52.6 Å². The van der Waals surface area contributed by atoms with E-state index in [0.29, 0.717) is 47.2 Å². The van der Waals surface area contributed by atoms with Crippen LogP contribution in [0, 0.1) is 0 Å². The second kappa shape index (κ2) is 8.38. The van der Waals surface area contributed by atoms with Crippen LogP contribution in [0.2, 0.25) is 15.1 Å². The molecule has 0 aromatic heterocycles. The van der Waals surface area contributed by atoms with Crippen LogP contribution in [-0.2, 0) is 21.3 Å². The fourth-order valence-electron chi connectivity index (χ4n) is 2.61. The lowest BCUT2D eigenvalue weighted by Crippen LogP contribution is -2.44. The van der Waals surface area contributed by atoms with Gasteiger partial charge in [-0.25, -0.2) is 9.34 Å². The minimum atomic E-state index is -2.50. The number of nitrogens with zero attached hydrogens (tertiary/aromatic N) is 2. The molecule has 2 fully saturated rings. The van der Waals surface area contributed by atoms with Crippen molar-refractivity contribution in [3.63, 3.8) is 0 Å². The Morgan fingerprint density at radius 2 is 1.29 bits per heavy atom. The number of benzene rings is 1. The number of rotatable bonds is 4. The van der Waals surface area contributed by atoms with Crippen LogP contribution in [0.15, 0.2) is 12.1 Å². The van der Waals surface area contributed by atoms with E-state index in [2.05, 4.69) is 9.34 Å². The van der Waals surface area contributed by atoms with Gasteiger partial charge in [0.1, 0.15) is 5.75 Å². The summed E-state index contributed by atoms with van der Waals surface area (Å²) in [5.41, 5.74) is 0. The van der Waals surface area contributed by atoms with Crippen LogP contribution < -0.4 is 4.52 Å². The molecule has 3 rings (SSSR count). The molecule has 2 aliphatic rings.